The molecule has 2 aromatic rings. The van der Waals surface area contributed by atoms with Crippen molar-refractivity contribution >= 4 is 16.6 Å². The number of carbonyl (C=O) groups excluding carboxylic acids is 1. The number of hydrogen-bond donors (Lipinski definition) is 0. The molecule has 2 nitrogen and oxygen atoms in total. The summed E-state index contributed by atoms with van der Waals surface area (Å²) in [6, 6.07) is 12.0. The summed E-state index contributed by atoms with van der Waals surface area (Å²) in [4.78, 5) is 11.0. The minimum Gasteiger partial charge on any atom is -0.497 e. The SMILES string of the molecule is CC(C)CCC[C@H](C)C(C)C.COc1ccc2cc(CC(C)=O)ccc2c1. The van der Waals surface area contributed by atoms with Gasteiger partial charge in [0.1, 0.15) is 11.5 Å². The number of ketones is 1. The van der Waals surface area contributed by atoms with Gasteiger partial charge in [0, 0.05) is 6.42 Å². The normalized spacial score (nSPS) is 12.0. The maximum absolute atomic E-state index is 11.0. The van der Waals surface area contributed by atoms with Gasteiger partial charge in [-0.25, -0.2) is 0 Å². The molecule has 150 valence electrons. The van der Waals surface area contributed by atoms with Gasteiger partial charge in [0.2, 0.25) is 0 Å². The monoisotopic (exact) mass is 370 g/mol. The van der Waals surface area contributed by atoms with E-state index in [2.05, 4.69) is 40.7 Å². The van der Waals surface area contributed by atoms with E-state index in [1.165, 1.54) is 19.3 Å². The Morgan fingerprint density at radius 3 is 2.11 bits per heavy atom. The molecule has 0 unspecified atom stereocenters. The third kappa shape index (κ3) is 9.08. The molecule has 2 heteroatoms. The topological polar surface area (TPSA) is 26.3 Å². The van der Waals surface area contributed by atoms with Gasteiger partial charge in [0.05, 0.1) is 7.11 Å². The summed E-state index contributed by atoms with van der Waals surface area (Å²) in [6.45, 7) is 13.2. The maximum Gasteiger partial charge on any atom is 0.134 e. The highest BCUT2D eigenvalue weighted by molar-refractivity contribution is 5.86. The molecule has 0 N–H and O–H groups in total. The lowest BCUT2D eigenvalue weighted by molar-refractivity contribution is -0.116. The second kappa shape index (κ2) is 11.8. The Morgan fingerprint density at radius 2 is 1.56 bits per heavy atom. The maximum atomic E-state index is 11.0. The van der Waals surface area contributed by atoms with E-state index in [9.17, 15) is 4.79 Å². The molecule has 0 spiro atoms. The predicted molar refractivity (Wildman–Crippen MR) is 118 cm³/mol. The Bertz CT molecular complexity index is 701. The zero-order valence-electron chi connectivity index (χ0n) is 18.3. The lowest BCUT2D eigenvalue weighted by atomic mass is 9.91. The van der Waals surface area contributed by atoms with Gasteiger partial charge < -0.3 is 4.74 Å². The van der Waals surface area contributed by atoms with Crippen molar-refractivity contribution in [3.05, 3.63) is 42.0 Å². The number of rotatable bonds is 8. The molecule has 0 aliphatic rings. The fraction of sp³-hybridized carbons (Fsp3) is 0.560. The molecule has 0 aliphatic carbocycles. The molecular formula is C25H38O2. The average molecular weight is 371 g/mol. The molecule has 0 radical (unpaired) electrons. The van der Waals surface area contributed by atoms with Crippen LogP contribution in [0.4, 0.5) is 0 Å². The van der Waals surface area contributed by atoms with Crippen molar-refractivity contribution in [3.63, 3.8) is 0 Å². The van der Waals surface area contributed by atoms with Crippen LogP contribution in [0.2, 0.25) is 0 Å². The number of fused-ring (bicyclic) bond motifs is 1. The zero-order chi connectivity index (χ0) is 20.4. The summed E-state index contributed by atoms with van der Waals surface area (Å²) in [5, 5.41) is 2.27. The Morgan fingerprint density at radius 1 is 0.926 bits per heavy atom. The number of carbonyl (C=O) groups is 1. The zero-order valence-corrected chi connectivity index (χ0v) is 18.3. The van der Waals surface area contributed by atoms with E-state index >= 15 is 0 Å². The summed E-state index contributed by atoms with van der Waals surface area (Å²) < 4.78 is 5.16. The fourth-order valence-electron chi connectivity index (χ4n) is 2.98. The van der Waals surface area contributed by atoms with E-state index in [0.717, 1.165) is 39.8 Å². The summed E-state index contributed by atoms with van der Waals surface area (Å²) in [5.41, 5.74) is 1.06. The minimum absolute atomic E-state index is 0.188. The number of Topliss-reactive ketones (excluding diaryl/α,β-unsaturated/α-hetero) is 1. The van der Waals surface area contributed by atoms with E-state index in [1.807, 2.05) is 30.3 Å². The molecule has 0 saturated heterocycles. The van der Waals surface area contributed by atoms with E-state index in [1.54, 1.807) is 14.0 Å². The summed E-state index contributed by atoms with van der Waals surface area (Å²) in [7, 11) is 1.66. The Hall–Kier alpha value is -1.83. The Balaban J connectivity index is 0.000000293. The van der Waals surface area contributed by atoms with Crippen molar-refractivity contribution in [2.45, 2.75) is 67.2 Å². The van der Waals surface area contributed by atoms with Crippen LogP contribution in [0.1, 0.15) is 66.4 Å². The first-order valence-corrected chi connectivity index (χ1v) is 10.3. The highest BCUT2D eigenvalue weighted by Gasteiger charge is 2.06. The quantitative estimate of drug-likeness (QED) is 0.496. The molecule has 0 amide bonds. The van der Waals surface area contributed by atoms with Crippen molar-refractivity contribution in [3.8, 4) is 5.75 Å². The van der Waals surface area contributed by atoms with Gasteiger partial charge in [-0.05, 0) is 53.1 Å². The molecule has 0 saturated carbocycles. The van der Waals surface area contributed by atoms with Crippen LogP contribution in [0.3, 0.4) is 0 Å². The third-order valence-electron chi connectivity index (χ3n) is 5.14. The number of hydrogen-bond acceptors (Lipinski definition) is 2. The van der Waals surface area contributed by atoms with Crippen LogP contribution in [0.5, 0.6) is 5.75 Å². The van der Waals surface area contributed by atoms with Gasteiger partial charge in [-0.2, -0.15) is 0 Å². The first kappa shape index (κ1) is 23.2. The van der Waals surface area contributed by atoms with E-state index in [-0.39, 0.29) is 5.78 Å². The molecule has 0 heterocycles. The molecule has 0 bridgehead atoms. The van der Waals surface area contributed by atoms with Crippen LogP contribution in [-0.4, -0.2) is 12.9 Å². The highest BCUT2D eigenvalue weighted by atomic mass is 16.5. The average Bonchev–Trinajstić information content (AvgIpc) is 2.60. The number of ether oxygens (including phenoxy) is 1. The molecular weight excluding hydrogens is 332 g/mol. The fourth-order valence-corrected chi connectivity index (χ4v) is 2.98. The van der Waals surface area contributed by atoms with E-state index < -0.39 is 0 Å². The molecule has 2 aromatic carbocycles. The van der Waals surface area contributed by atoms with Gasteiger partial charge >= 0.3 is 0 Å². The summed E-state index contributed by atoms with van der Waals surface area (Å²) in [5.74, 6) is 3.70. The third-order valence-corrected chi connectivity index (χ3v) is 5.14. The highest BCUT2D eigenvalue weighted by Crippen LogP contribution is 2.22. The summed E-state index contributed by atoms with van der Waals surface area (Å²) in [6.07, 6.45) is 4.73. The van der Waals surface area contributed by atoms with Gasteiger partial charge in [0.15, 0.2) is 0 Å². The molecule has 2 rings (SSSR count). The second-order valence-corrected chi connectivity index (χ2v) is 8.47. The predicted octanol–water partition coefficient (Wildman–Crippen LogP) is 7.08. The van der Waals surface area contributed by atoms with Gasteiger partial charge in [-0.1, -0.05) is 78.1 Å². The van der Waals surface area contributed by atoms with Gasteiger partial charge in [-0.15, -0.1) is 0 Å². The van der Waals surface area contributed by atoms with Crippen molar-refractivity contribution in [1.82, 2.24) is 0 Å². The van der Waals surface area contributed by atoms with Crippen LogP contribution in [0.15, 0.2) is 36.4 Å². The standard InChI is InChI=1S/C14H14O2.C11H24/c1-10(15)7-11-3-4-13-9-14(16-2)6-5-12(13)8-11;1-9(2)7-6-8-11(5)10(3)4/h3-6,8-9H,7H2,1-2H3;9-11H,6-8H2,1-5H3/t;11-/m.0/s1. The molecule has 0 aliphatic heterocycles. The lowest BCUT2D eigenvalue weighted by Gasteiger charge is -2.15. The first-order chi connectivity index (χ1) is 12.7. The van der Waals surface area contributed by atoms with E-state index in [4.69, 9.17) is 4.74 Å². The van der Waals surface area contributed by atoms with Crippen LogP contribution in [-0.2, 0) is 11.2 Å². The second-order valence-electron chi connectivity index (χ2n) is 8.47. The lowest BCUT2D eigenvalue weighted by Crippen LogP contribution is -2.03. The van der Waals surface area contributed by atoms with Gasteiger partial charge in [0.25, 0.3) is 0 Å². The number of methoxy groups -OCH3 is 1. The molecule has 0 aromatic heterocycles. The minimum atomic E-state index is 0.188. The molecule has 1 atom stereocenters. The van der Waals surface area contributed by atoms with Crippen molar-refractivity contribution in [2.24, 2.45) is 17.8 Å². The first-order valence-electron chi connectivity index (χ1n) is 10.3. The Kier molecular flexibility index (Phi) is 10.1. The largest absolute Gasteiger partial charge is 0.497 e. The van der Waals surface area contributed by atoms with Crippen molar-refractivity contribution in [1.29, 1.82) is 0 Å². The molecule has 27 heavy (non-hydrogen) atoms. The van der Waals surface area contributed by atoms with Gasteiger partial charge in [-0.3, -0.25) is 4.79 Å². The smallest absolute Gasteiger partial charge is 0.134 e. The Labute approximate surface area is 166 Å². The van der Waals surface area contributed by atoms with E-state index in [0.29, 0.717) is 6.42 Å². The molecule has 0 fully saturated rings. The van der Waals surface area contributed by atoms with Crippen molar-refractivity contribution < 1.29 is 9.53 Å². The van der Waals surface area contributed by atoms with Crippen molar-refractivity contribution in [2.75, 3.05) is 7.11 Å². The van der Waals surface area contributed by atoms with Crippen LogP contribution in [0.25, 0.3) is 10.8 Å². The van der Waals surface area contributed by atoms with Crippen LogP contribution in [0, 0.1) is 17.8 Å². The number of benzene rings is 2. The summed E-state index contributed by atoms with van der Waals surface area (Å²) >= 11 is 0. The van der Waals surface area contributed by atoms with Crippen LogP contribution >= 0.6 is 0 Å². The van der Waals surface area contributed by atoms with Crippen LogP contribution < -0.4 is 4.74 Å².